The maximum absolute atomic E-state index is 12.2. The Balaban J connectivity index is 0.00000242. The molecule has 2 rings (SSSR count). The standard InChI is InChI=1S/C14H23N5O2.ClH/c1-4-8(2)16-13(20)9(3)17-14(21)12-10-7-15-6-5-11(10)18-19-12;/h8-9,15H,4-7H2,1-3H3,(H,16,20)(H,17,21)(H,18,19);1H. The molecule has 1 aromatic rings. The van der Waals surface area contributed by atoms with Gasteiger partial charge in [0, 0.05) is 36.8 Å². The normalized spacial score (nSPS) is 16.0. The number of nitrogens with one attached hydrogen (secondary N) is 4. The maximum atomic E-state index is 12.2. The van der Waals surface area contributed by atoms with Crippen LogP contribution in [0, 0.1) is 0 Å². The van der Waals surface area contributed by atoms with Gasteiger partial charge in [0.05, 0.1) is 0 Å². The lowest BCUT2D eigenvalue weighted by molar-refractivity contribution is -0.123. The minimum atomic E-state index is -0.588. The van der Waals surface area contributed by atoms with Crippen molar-refractivity contribution in [3.63, 3.8) is 0 Å². The molecular weight excluding hydrogens is 306 g/mol. The quantitative estimate of drug-likeness (QED) is 0.632. The molecule has 2 atom stereocenters. The molecule has 1 aliphatic rings. The molecule has 0 saturated heterocycles. The second kappa shape index (κ2) is 8.14. The molecule has 0 radical (unpaired) electrons. The van der Waals surface area contributed by atoms with E-state index >= 15 is 0 Å². The molecule has 0 saturated carbocycles. The van der Waals surface area contributed by atoms with Crippen molar-refractivity contribution in [1.29, 1.82) is 0 Å². The van der Waals surface area contributed by atoms with Gasteiger partial charge >= 0.3 is 0 Å². The number of carbonyl (C=O) groups excluding carboxylic acids is 2. The molecule has 2 unspecified atom stereocenters. The first-order valence-corrected chi connectivity index (χ1v) is 7.41. The molecule has 2 amide bonds. The highest BCUT2D eigenvalue weighted by atomic mass is 35.5. The fourth-order valence-corrected chi connectivity index (χ4v) is 2.21. The molecule has 2 heterocycles. The van der Waals surface area contributed by atoms with Crippen LogP contribution in [0.3, 0.4) is 0 Å². The predicted molar refractivity (Wildman–Crippen MR) is 86.1 cm³/mol. The lowest BCUT2D eigenvalue weighted by Gasteiger charge is -2.18. The first kappa shape index (κ1) is 18.4. The molecule has 0 aromatic carbocycles. The van der Waals surface area contributed by atoms with Crippen molar-refractivity contribution in [2.75, 3.05) is 6.54 Å². The molecule has 7 nitrogen and oxygen atoms in total. The zero-order valence-electron chi connectivity index (χ0n) is 13.2. The maximum Gasteiger partial charge on any atom is 0.272 e. The van der Waals surface area contributed by atoms with E-state index in [9.17, 15) is 9.59 Å². The molecular formula is C14H24ClN5O2. The summed E-state index contributed by atoms with van der Waals surface area (Å²) in [5, 5.41) is 15.7. The van der Waals surface area contributed by atoms with E-state index in [0.717, 1.165) is 30.6 Å². The minimum Gasteiger partial charge on any atom is -0.352 e. The zero-order valence-corrected chi connectivity index (χ0v) is 14.0. The van der Waals surface area contributed by atoms with Crippen molar-refractivity contribution in [2.24, 2.45) is 0 Å². The average molecular weight is 330 g/mol. The fraction of sp³-hybridized carbons (Fsp3) is 0.643. The third kappa shape index (κ3) is 4.20. The Kier molecular flexibility index (Phi) is 6.83. The minimum absolute atomic E-state index is 0. The average Bonchev–Trinajstić information content (AvgIpc) is 2.90. The smallest absolute Gasteiger partial charge is 0.272 e. The molecule has 0 spiro atoms. The Morgan fingerprint density at radius 1 is 1.32 bits per heavy atom. The summed E-state index contributed by atoms with van der Waals surface area (Å²) in [5.41, 5.74) is 2.27. The Morgan fingerprint density at radius 2 is 2.05 bits per heavy atom. The van der Waals surface area contributed by atoms with Gasteiger partial charge in [0.2, 0.25) is 5.91 Å². The van der Waals surface area contributed by atoms with E-state index in [1.165, 1.54) is 0 Å². The fourth-order valence-electron chi connectivity index (χ4n) is 2.21. The molecule has 0 bridgehead atoms. The molecule has 1 aromatic heterocycles. The van der Waals surface area contributed by atoms with Gasteiger partial charge in [0.15, 0.2) is 5.69 Å². The van der Waals surface area contributed by atoms with E-state index in [1.54, 1.807) is 6.92 Å². The number of rotatable bonds is 5. The monoisotopic (exact) mass is 329 g/mol. The van der Waals surface area contributed by atoms with Gasteiger partial charge in [-0.15, -0.1) is 12.4 Å². The van der Waals surface area contributed by atoms with Gasteiger partial charge in [-0.1, -0.05) is 6.92 Å². The second-order valence-corrected chi connectivity index (χ2v) is 5.47. The van der Waals surface area contributed by atoms with Crippen LogP contribution >= 0.6 is 12.4 Å². The third-order valence-electron chi connectivity index (χ3n) is 3.76. The summed E-state index contributed by atoms with van der Waals surface area (Å²) in [6, 6.07) is -0.491. The molecule has 124 valence electrons. The number of nitrogens with zero attached hydrogens (tertiary/aromatic N) is 1. The zero-order chi connectivity index (χ0) is 15.4. The number of fused-ring (bicyclic) bond motifs is 1. The van der Waals surface area contributed by atoms with Crippen LogP contribution in [-0.2, 0) is 17.8 Å². The SMILES string of the molecule is CCC(C)NC(=O)C(C)NC(=O)c1n[nH]c2c1CNCC2.Cl. The Labute approximate surface area is 136 Å². The summed E-state index contributed by atoms with van der Waals surface area (Å²) in [4.78, 5) is 24.2. The largest absolute Gasteiger partial charge is 0.352 e. The summed E-state index contributed by atoms with van der Waals surface area (Å²) in [5.74, 6) is -0.497. The highest BCUT2D eigenvalue weighted by Crippen LogP contribution is 2.15. The summed E-state index contributed by atoms with van der Waals surface area (Å²) < 4.78 is 0. The van der Waals surface area contributed by atoms with Gasteiger partial charge in [-0.25, -0.2) is 0 Å². The van der Waals surface area contributed by atoms with Crippen molar-refractivity contribution in [2.45, 2.75) is 52.2 Å². The van der Waals surface area contributed by atoms with Crippen molar-refractivity contribution in [3.8, 4) is 0 Å². The first-order chi connectivity index (χ1) is 10.0. The van der Waals surface area contributed by atoms with Gasteiger partial charge in [0.1, 0.15) is 6.04 Å². The topological polar surface area (TPSA) is 98.9 Å². The summed E-state index contributed by atoms with van der Waals surface area (Å²) in [7, 11) is 0. The summed E-state index contributed by atoms with van der Waals surface area (Å²) >= 11 is 0. The van der Waals surface area contributed by atoms with Crippen molar-refractivity contribution >= 4 is 24.2 Å². The highest BCUT2D eigenvalue weighted by Gasteiger charge is 2.24. The number of carbonyl (C=O) groups is 2. The summed E-state index contributed by atoms with van der Waals surface area (Å²) in [6.45, 7) is 7.11. The van der Waals surface area contributed by atoms with Crippen molar-refractivity contribution < 1.29 is 9.59 Å². The number of hydrogen-bond donors (Lipinski definition) is 4. The molecule has 4 N–H and O–H groups in total. The van der Waals surface area contributed by atoms with Crippen LogP contribution in [0.1, 0.15) is 48.9 Å². The van der Waals surface area contributed by atoms with E-state index in [-0.39, 0.29) is 30.3 Å². The van der Waals surface area contributed by atoms with Gasteiger partial charge < -0.3 is 16.0 Å². The van der Waals surface area contributed by atoms with Crippen LogP contribution in [0.15, 0.2) is 0 Å². The lowest BCUT2D eigenvalue weighted by Crippen LogP contribution is -2.47. The van der Waals surface area contributed by atoms with E-state index in [4.69, 9.17) is 0 Å². The van der Waals surface area contributed by atoms with E-state index < -0.39 is 6.04 Å². The molecule has 22 heavy (non-hydrogen) atoms. The van der Waals surface area contributed by atoms with Crippen LogP contribution in [0.25, 0.3) is 0 Å². The molecule has 8 heteroatoms. The summed E-state index contributed by atoms with van der Waals surface area (Å²) in [6.07, 6.45) is 1.69. The van der Waals surface area contributed by atoms with Crippen LogP contribution in [0.2, 0.25) is 0 Å². The molecule has 0 aliphatic carbocycles. The van der Waals surface area contributed by atoms with Gasteiger partial charge in [-0.3, -0.25) is 14.7 Å². The van der Waals surface area contributed by atoms with E-state index in [2.05, 4.69) is 26.1 Å². The number of hydrogen-bond acceptors (Lipinski definition) is 4. The number of aromatic nitrogens is 2. The number of aromatic amines is 1. The van der Waals surface area contributed by atoms with E-state index in [1.807, 2.05) is 13.8 Å². The van der Waals surface area contributed by atoms with Crippen molar-refractivity contribution in [1.82, 2.24) is 26.1 Å². The molecule has 1 aliphatic heterocycles. The molecule has 0 fully saturated rings. The Bertz CT molecular complexity index is 531. The number of H-pyrrole nitrogens is 1. The highest BCUT2D eigenvalue weighted by molar-refractivity contribution is 5.97. The second-order valence-electron chi connectivity index (χ2n) is 5.47. The Hall–Kier alpha value is -1.60. The predicted octanol–water partition coefficient (Wildman–Crippen LogP) is 0.510. The first-order valence-electron chi connectivity index (χ1n) is 7.41. The van der Waals surface area contributed by atoms with Crippen molar-refractivity contribution in [3.05, 3.63) is 17.0 Å². The van der Waals surface area contributed by atoms with Crippen LogP contribution < -0.4 is 16.0 Å². The van der Waals surface area contributed by atoms with Crippen LogP contribution in [0.4, 0.5) is 0 Å². The van der Waals surface area contributed by atoms with Gasteiger partial charge in [-0.2, -0.15) is 5.10 Å². The number of halogens is 1. The van der Waals surface area contributed by atoms with Gasteiger partial charge in [-0.05, 0) is 20.3 Å². The van der Waals surface area contributed by atoms with E-state index in [0.29, 0.717) is 12.2 Å². The Morgan fingerprint density at radius 3 is 2.73 bits per heavy atom. The lowest BCUT2D eigenvalue weighted by atomic mass is 10.1. The third-order valence-corrected chi connectivity index (χ3v) is 3.76. The van der Waals surface area contributed by atoms with Crippen LogP contribution in [0.5, 0.6) is 0 Å². The number of amides is 2. The van der Waals surface area contributed by atoms with Gasteiger partial charge in [0.25, 0.3) is 5.91 Å². The van der Waals surface area contributed by atoms with Crippen LogP contribution in [-0.4, -0.2) is 40.6 Å².